The van der Waals surface area contributed by atoms with Crippen LogP contribution in [0.5, 0.6) is 0 Å². The summed E-state index contributed by atoms with van der Waals surface area (Å²) in [5.74, 6) is 0. The summed E-state index contributed by atoms with van der Waals surface area (Å²) in [5.41, 5.74) is -0.240. The molecule has 3 nitrogen and oxygen atoms in total. The predicted octanol–water partition coefficient (Wildman–Crippen LogP) is 3.05. The highest BCUT2D eigenvalue weighted by molar-refractivity contribution is 6.38. The van der Waals surface area contributed by atoms with Gasteiger partial charge in [0.1, 0.15) is 10.0 Å². The second-order valence-corrected chi connectivity index (χ2v) is 2.64. The van der Waals surface area contributed by atoms with E-state index < -0.39 is 4.92 Å². The summed E-state index contributed by atoms with van der Waals surface area (Å²) < 4.78 is 0. The zero-order chi connectivity index (χ0) is 8.43. The number of nitro groups is 1. The average molecular weight is 212 g/mol. The minimum atomic E-state index is -0.606. The van der Waals surface area contributed by atoms with E-state index in [-0.39, 0.29) is 20.4 Å². The topological polar surface area (TPSA) is 43.1 Å². The zero-order valence-electron chi connectivity index (χ0n) is 5.66. The molecule has 66 valence electrons. The maximum atomic E-state index is 10.3. The lowest BCUT2D eigenvalue weighted by Crippen LogP contribution is -1.89. The first kappa shape index (κ1) is 11.1. The van der Waals surface area contributed by atoms with E-state index in [0.717, 1.165) is 0 Å². The van der Waals surface area contributed by atoms with E-state index >= 15 is 0 Å². The quantitative estimate of drug-likeness (QED) is 0.530. The molecule has 6 heteroatoms. The highest BCUT2D eigenvalue weighted by Gasteiger charge is 2.15. The van der Waals surface area contributed by atoms with Gasteiger partial charge in [-0.3, -0.25) is 14.8 Å². The summed E-state index contributed by atoms with van der Waals surface area (Å²) in [5, 5.41) is 10.4. The van der Waals surface area contributed by atoms with E-state index in [0.29, 0.717) is 0 Å². The molecule has 0 fully saturated rings. The minimum absolute atomic E-state index is 0. The van der Waals surface area contributed by atoms with Gasteiger partial charge in [-0.2, -0.15) is 0 Å². The molecule has 1 aromatic rings. The van der Waals surface area contributed by atoms with Gasteiger partial charge in [0.25, 0.3) is 0 Å². The molecule has 0 N–H and O–H groups in total. The Balaban J connectivity index is 0.00000121. The third-order valence-electron chi connectivity index (χ3n) is 1.12. The molecule has 0 aliphatic rings. The van der Waals surface area contributed by atoms with Crippen molar-refractivity contribution in [1.82, 2.24) is 0 Å². The SMILES string of the molecule is F.O=[N+]([O-])c1c(Cl)cccc1Cl. The van der Waals surface area contributed by atoms with Gasteiger partial charge in [0.05, 0.1) is 4.92 Å². The molecule has 0 aliphatic carbocycles. The summed E-state index contributed by atoms with van der Waals surface area (Å²) in [6.45, 7) is 0. The minimum Gasteiger partial charge on any atom is -0.269 e. The Labute approximate surface area is 77.4 Å². The van der Waals surface area contributed by atoms with Crippen molar-refractivity contribution in [3.8, 4) is 0 Å². The second-order valence-electron chi connectivity index (χ2n) is 1.83. The summed E-state index contributed by atoms with van der Waals surface area (Å²) >= 11 is 11.0. The van der Waals surface area contributed by atoms with Crippen LogP contribution >= 0.6 is 23.2 Å². The van der Waals surface area contributed by atoms with Gasteiger partial charge in [-0.25, -0.2) is 0 Å². The number of para-hydroxylation sites is 1. The van der Waals surface area contributed by atoms with Crippen molar-refractivity contribution in [1.29, 1.82) is 0 Å². The Kier molecular flexibility index (Phi) is 3.92. The van der Waals surface area contributed by atoms with Crippen LogP contribution in [0.3, 0.4) is 0 Å². The smallest absolute Gasteiger partial charge is 0.269 e. The Bertz CT molecular complexity index is 285. The lowest BCUT2D eigenvalue weighted by atomic mass is 10.3. The number of nitrogens with zero attached hydrogens (tertiary/aromatic N) is 1. The van der Waals surface area contributed by atoms with E-state index in [4.69, 9.17) is 23.2 Å². The normalized spacial score (nSPS) is 8.83. The molecular formula is C6H4Cl2FNO2. The second kappa shape index (κ2) is 4.23. The monoisotopic (exact) mass is 211 g/mol. The molecule has 0 saturated heterocycles. The van der Waals surface area contributed by atoms with Crippen molar-refractivity contribution in [3.05, 3.63) is 38.4 Å². The van der Waals surface area contributed by atoms with Gasteiger partial charge >= 0.3 is 5.69 Å². The number of hydrogen-bond donors (Lipinski definition) is 0. The molecule has 1 aromatic carbocycles. The van der Waals surface area contributed by atoms with Gasteiger partial charge in [0.2, 0.25) is 0 Å². The fourth-order valence-corrected chi connectivity index (χ4v) is 1.20. The number of rotatable bonds is 1. The highest BCUT2D eigenvalue weighted by atomic mass is 35.5. The molecule has 1 rings (SSSR count). The van der Waals surface area contributed by atoms with Crippen molar-refractivity contribution < 1.29 is 9.63 Å². The van der Waals surface area contributed by atoms with Gasteiger partial charge < -0.3 is 0 Å². The van der Waals surface area contributed by atoms with E-state index in [9.17, 15) is 10.1 Å². The van der Waals surface area contributed by atoms with Crippen LogP contribution in [0.4, 0.5) is 10.4 Å². The Morgan fingerprint density at radius 2 is 1.67 bits per heavy atom. The van der Waals surface area contributed by atoms with Crippen LogP contribution in [-0.4, -0.2) is 4.92 Å². The fraction of sp³-hybridized carbons (Fsp3) is 0. The molecule has 0 spiro atoms. The van der Waals surface area contributed by atoms with Crippen molar-refractivity contribution in [2.45, 2.75) is 0 Å². The average Bonchev–Trinajstić information content (AvgIpc) is 1.85. The van der Waals surface area contributed by atoms with Crippen molar-refractivity contribution in [3.63, 3.8) is 0 Å². The first-order chi connectivity index (χ1) is 5.13. The Morgan fingerprint density at radius 3 is 1.92 bits per heavy atom. The van der Waals surface area contributed by atoms with Crippen LogP contribution in [0.1, 0.15) is 0 Å². The maximum absolute atomic E-state index is 10.3. The maximum Gasteiger partial charge on any atom is 0.306 e. The van der Waals surface area contributed by atoms with Gasteiger partial charge in [-0.05, 0) is 12.1 Å². The molecule has 0 radical (unpaired) electrons. The molecule has 0 amide bonds. The third kappa shape index (κ3) is 2.06. The first-order valence-corrected chi connectivity index (χ1v) is 3.47. The summed E-state index contributed by atoms with van der Waals surface area (Å²) in [6, 6.07) is 4.40. The summed E-state index contributed by atoms with van der Waals surface area (Å²) in [4.78, 5) is 9.67. The summed E-state index contributed by atoms with van der Waals surface area (Å²) in [7, 11) is 0. The fourth-order valence-electron chi connectivity index (χ4n) is 0.663. The lowest BCUT2D eigenvalue weighted by molar-refractivity contribution is -0.384. The van der Waals surface area contributed by atoms with Crippen molar-refractivity contribution >= 4 is 28.9 Å². The largest absolute Gasteiger partial charge is 0.306 e. The van der Waals surface area contributed by atoms with Crippen LogP contribution < -0.4 is 0 Å². The molecule has 0 aromatic heterocycles. The van der Waals surface area contributed by atoms with Gasteiger partial charge in [0.15, 0.2) is 0 Å². The standard InChI is InChI=1S/C6H3Cl2NO2.FH/c7-4-2-1-3-5(8)6(4)9(10)11;/h1-3H;1H. The molecule has 0 bridgehead atoms. The summed E-state index contributed by atoms with van der Waals surface area (Å²) in [6.07, 6.45) is 0. The van der Waals surface area contributed by atoms with Crippen LogP contribution in [0.2, 0.25) is 10.0 Å². The van der Waals surface area contributed by atoms with Crippen molar-refractivity contribution in [2.24, 2.45) is 0 Å². The van der Waals surface area contributed by atoms with Crippen LogP contribution in [-0.2, 0) is 0 Å². The van der Waals surface area contributed by atoms with E-state index in [1.54, 1.807) is 6.07 Å². The van der Waals surface area contributed by atoms with Crippen molar-refractivity contribution in [2.75, 3.05) is 0 Å². The van der Waals surface area contributed by atoms with Crippen LogP contribution in [0.15, 0.2) is 18.2 Å². The Morgan fingerprint density at radius 1 is 1.25 bits per heavy atom. The van der Waals surface area contributed by atoms with Crippen LogP contribution in [0.25, 0.3) is 0 Å². The number of hydrogen-bond acceptors (Lipinski definition) is 2. The molecule has 0 atom stereocenters. The molecular weight excluding hydrogens is 208 g/mol. The first-order valence-electron chi connectivity index (χ1n) is 2.71. The lowest BCUT2D eigenvalue weighted by Gasteiger charge is -1.95. The third-order valence-corrected chi connectivity index (χ3v) is 1.73. The van der Waals surface area contributed by atoms with E-state index in [1.165, 1.54) is 12.1 Å². The zero-order valence-corrected chi connectivity index (χ0v) is 7.17. The van der Waals surface area contributed by atoms with Crippen LogP contribution in [0, 0.1) is 10.1 Å². The van der Waals surface area contributed by atoms with Gasteiger partial charge in [-0.1, -0.05) is 29.3 Å². The van der Waals surface area contributed by atoms with E-state index in [1.807, 2.05) is 0 Å². The molecule has 0 saturated carbocycles. The molecule has 12 heavy (non-hydrogen) atoms. The molecule has 0 heterocycles. The Hall–Kier alpha value is -0.870. The van der Waals surface area contributed by atoms with Gasteiger partial charge in [-0.15, -0.1) is 0 Å². The predicted molar refractivity (Wildman–Crippen MR) is 45.6 cm³/mol. The van der Waals surface area contributed by atoms with E-state index in [2.05, 4.69) is 0 Å². The van der Waals surface area contributed by atoms with Gasteiger partial charge in [0, 0.05) is 0 Å². The molecule has 0 unspecified atom stereocenters. The molecule has 0 aliphatic heterocycles. The highest BCUT2D eigenvalue weighted by Crippen LogP contribution is 2.31. The number of nitro benzene ring substituents is 1. The number of halogens is 3. The number of benzene rings is 1.